The summed E-state index contributed by atoms with van der Waals surface area (Å²) in [4.78, 5) is 12.9. The van der Waals surface area contributed by atoms with E-state index < -0.39 is 38.3 Å². The van der Waals surface area contributed by atoms with Crippen LogP contribution < -0.4 is 9.08 Å². The Hall–Kier alpha value is -3.32. The number of fused-ring (bicyclic) bond motifs is 2. The molecule has 12 heteroatoms. The van der Waals surface area contributed by atoms with Crippen molar-refractivity contribution in [2.45, 2.75) is 69.1 Å². The van der Waals surface area contributed by atoms with Gasteiger partial charge in [-0.3, -0.25) is 9.35 Å². The maximum Gasteiger partial charge on any atom is 0.357 e. The first-order chi connectivity index (χ1) is 19.5. The second-order valence-electron chi connectivity index (χ2n) is 11.6. The summed E-state index contributed by atoms with van der Waals surface area (Å²) in [5.41, 5.74) is 4.31. The summed E-state index contributed by atoms with van der Waals surface area (Å²) in [5, 5.41) is 8.98. The zero-order valence-corrected chi connectivity index (χ0v) is 25.9. The number of unbranched alkanes of at least 4 members (excludes halogenated alkanes) is 2. The van der Waals surface area contributed by atoms with E-state index in [1.807, 2.05) is 49.8 Å². The number of hydrogen-bond acceptors (Lipinski definition) is 7. The highest BCUT2D eigenvalue weighted by atomic mass is 32.2. The first kappa shape index (κ1) is 31.6. The van der Waals surface area contributed by atoms with Gasteiger partial charge in [-0.15, -0.1) is 0 Å². The number of aliphatic carboxylic acids is 1. The monoisotopic (exact) mass is 616 g/mol. The molecule has 2 heterocycles. The lowest BCUT2D eigenvalue weighted by Crippen LogP contribution is -2.27. The fourth-order valence-electron chi connectivity index (χ4n) is 5.95. The van der Waals surface area contributed by atoms with Crippen molar-refractivity contribution in [3.05, 3.63) is 71.5 Å². The predicted molar refractivity (Wildman–Crippen MR) is 160 cm³/mol. The molecular weight excluding hydrogens is 580 g/mol. The first-order valence-corrected chi connectivity index (χ1v) is 16.0. The van der Waals surface area contributed by atoms with Gasteiger partial charge in [0.1, 0.15) is 22.9 Å². The Morgan fingerprint density at radius 3 is 2.43 bits per heavy atom. The largest absolute Gasteiger partial charge is 0.744 e. The molecule has 0 saturated carbocycles. The van der Waals surface area contributed by atoms with Crippen molar-refractivity contribution in [1.29, 1.82) is 0 Å². The van der Waals surface area contributed by atoms with E-state index in [4.69, 9.17) is 9.29 Å². The number of anilines is 1. The minimum absolute atomic E-state index is 0.124. The van der Waals surface area contributed by atoms with Crippen LogP contribution in [0.3, 0.4) is 0 Å². The van der Waals surface area contributed by atoms with E-state index >= 15 is 0 Å². The number of carbonyl (C=O) groups is 1. The molecule has 2 N–H and O–H groups in total. The summed E-state index contributed by atoms with van der Waals surface area (Å²) in [6.45, 7) is 8.75. The van der Waals surface area contributed by atoms with Gasteiger partial charge in [-0.25, -0.2) is 8.42 Å². The molecule has 226 valence electrons. The van der Waals surface area contributed by atoms with Crippen LogP contribution in [0.5, 0.6) is 5.75 Å². The molecule has 0 fully saturated rings. The molecule has 10 nitrogen and oxygen atoms in total. The van der Waals surface area contributed by atoms with Crippen LogP contribution in [0.15, 0.2) is 65.2 Å². The van der Waals surface area contributed by atoms with Gasteiger partial charge in [-0.2, -0.15) is 8.78 Å². The van der Waals surface area contributed by atoms with Crippen LogP contribution in [0.2, 0.25) is 0 Å². The topological polar surface area (TPSA) is 147 Å². The third kappa shape index (κ3) is 6.22. The maximum absolute atomic E-state index is 11.7. The minimum atomic E-state index is -4.59. The Morgan fingerprint density at radius 1 is 1.07 bits per heavy atom. The molecule has 2 aromatic carbocycles. The number of rotatable bonds is 11. The molecule has 2 aromatic rings. The Bertz CT molecular complexity index is 1640. The van der Waals surface area contributed by atoms with Gasteiger partial charge in [0.2, 0.25) is 5.69 Å². The molecule has 0 saturated heterocycles. The number of allylic oxidation sites excluding steroid dienone is 4. The van der Waals surface area contributed by atoms with Gasteiger partial charge < -0.3 is 18.7 Å². The highest BCUT2D eigenvalue weighted by Gasteiger charge is 2.44. The zero-order chi connectivity index (χ0) is 31.0. The predicted octanol–water partition coefficient (Wildman–Crippen LogP) is 5.00. The van der Waals surface area contributed by atoms with E-state index in [2.05, 4.69) is 18.7 Å². The summed E-state index contributed by atoms with van der Waals surface area (Å²) in [7, 11) is -2.69. The molecule has 0 amide bonds. The molecule has 4 rings (SSSR count). The van der Waals surface area contributed by atoms with Crippen molar-refractivity contribution >= 4 is 44.5 Å². The SMILES string of the molecule is C[N+]1=C(/C=C/C=C2\N(CCCCCC(=O)O)c3ccc(OS(=O)O)cc3C2(C)C)C(C)(C)c2cc(S(=O)(=O)[O-])ccc21. The van der Waals surface area contributed by atoms with Crippen molar-refractivity contribution in [3.63, 3.8) is 0 Å². The van der Waals surface area contributed by atoms with Crippen LogP contribution in [0.1, 0.15) is 64.5 Å². The molecule has 2 aliphatic rings. The summed E-state index contributed by atoms with van der Waals surface area (Å²) >= 11 is -2.45. The third-order valence-electron chi connectivity index (χ3n) is 8.10. The Morgan fingerprint density at radius 2 is 1.79 bits per heavy atom. The summed E-state index contributed by atoms with van der Waals surface area (Å²) in [5.74, 6) is -0.532. The Kier molecular flexibility index (Phi) is 8.85. The molecule has 0 bridgehead atoms. The average molecular weight is 617 g/mol. The van der Waals surface area contributed by atoms with Gasteiger partial charge in [0.25, 0.3) is 0 Å². The second-order valence-corrected chi connectivity index (χ2v) is 13.6. The Balaban J connectivity index is 1.68. The standard InChI is InChI=1S/C30H36N2O8S2/c1-29(2)23-19-21(42(37,38)39)14-16-24(23)31(5)26(29)10-9-11-27-30(3,4)22-18-20(40-41(35)36)13-15-25(22)32(27)17-8-6-7-12-28(33)34/h9-11,13-16,18-19H,6-8,12,17H2,1-5H3,(H2-,33,34,35,36,37,38,39). The van der Waals surface area contributed by atoms with Crippen LogP contribution in [0, 0.1) is 0 Å². The molecule has 1 unspecified atom stereocenters. The van der Waals surface area contributed by atoms with Gasteiger partial charge in [0, 0.05) is 47.5 Å². The van der Waals surface area contributed by atoms with Crippen molar-refractivity contribution in [2.24, 2.45) is 0 Å². The molecular formula is C30H36N2O8S2. The smallest absolute Gasteiger partial charge is 0.357 e. The van der Waals surface area contributed by atoms with Gasteiger partial charge in [0.15, 0.2) is 5.71 Å². The molecule has 0 aromatic heterocycles. The lowest BCUT2D eigenvalue weighted by Gasteiger charge is -2.27. The van der Waals surface area contributed by atoms with Crippen LogP contribution in [-0.2, 0) is 37.1 Å². The fraction of sp³-hybridized carbons (Fsp3) is 0.400. The van der Waals surface area contributed by atoms with Crippen LogP contribution in [-0.4, -0.2) is 56.7 Å². The normalized spacial score (nSPS) is 18.9. The van der Waals surface area contributed by atoms with E-state index in [9.17, 15) is 26.5 Å². The highest BCUT2D eigenvalue weighted by Crippen LogP contribution is 2.49. The fourth-order valence-corrected chi connectivity index (χ4v) is 6.72. The molecule has 42 heavy (non-hydrogen) atoms. The van der Waals surface area contributed by atoms with Gasteiger partial charge in [-0.05, 0) is 68.7 Å². The van der Waals surface area contributed by atoms with Gasteiger partial charge in [0.05, 0.1) is 10.3 Å². The summed E-state index contributed by atoms with van der Waals surface area (Å²) in [6, 6.07) is 9.73. The highest BCUT2D eigenvalue weighted by molar-refractivity contribution is 7.85. The van der Waals surface area contributed by atoms with Crippen LogP contribution in [0.25, 0.3) is 0 Å². The lowest BCUT2D eigenvalue weighted by molar-refractivity contribution is -0.401. The van der Waals surface area contributed by atoms with Crippen LogP contribution >= 0.6 is 0 Å². The molecule has 2 aliphatic heterocycles. The summed E-state index contributed by atoms with van der Waals surface area (Å²) < 4.78 is 62.5. The van der Waals surface area contributed by atoms with E-state index in [0.29, 0.717) is 13.0 Å². The molecule has 0 spiro atoms. The minimum Gasteiger partial charge on any atom is -0.744 e. The van der Waals surface area contributed by atoms with E-state index in [1.165, 1.54) is 12.1 Å². The molecule has 0 aliphatic carbocycles. The van der Waals surface area contributed by atoms with E-state index in [1.54, 1.807) is 18.2 Å². The van der Waals surface area contributed by atoms with Crippen molar-refractivity contribution in [3.8, 4) is 5.75 Å². The third-order valence-corrected chi connectivity index (χ3v) is 9.27. The second kappa shape index (κ2) is 11.8. The lowest BCUT2D eigenvalue weighted by atomic mass is 9.81. The number of benzene rings is 2. The van der Waals surface area contributed by atoms with Crippen molar-refractivity contribution < 1.29 is 40.4 Å². The van der Waals surface area contributed by atoms with Crippen molar-refractivity contribution in [1.82, 2.24) is 0 Å². The number of carboxylic acid groups (broad SMARTS) is 1. The molecule has 1 atom stereocenters. The quantitative estimate of drug-likeness (QED) is 0.154. The van der Waals surface area contributed by atoms with Crippen molar-refractivity contribution in [2.75, 3.05) is 18.5 Å². The van der Waals surface area contributed by atoms with Gasteiger partial charge >= 0.3 is 17.3 Å². The number of nitrogens with zero attached hydrogens (tertiary/aromatic N) is 2. The molecule has 0 radical (unpaired) electrons. The maximum atomic E-state index is 11.7. The van der Waals surface area contributed by atoms with E-state index in [-0.39, 0.29) is 17.1 Å². The number of carboxylic acids is 1. The first-order valence-electron chi connectivity index (χ1n) is 13.6. The summed E-state index contributed by atoms with van der Waals surface area (Å²) in [6.07, 6.45) is 8.19. The number of hydrogen-bond donors (Lipinski definition) is 2. The van der Waals surface area contributed by atoms with E-state index in [0.717, 1.165) is 46.8 Å². The van der Waals surface area contributed by atoms with Crippen LogP contribution in [0.4, 0.5) is 11.4 Å². The zero-order valence-electron chi connectivity index (χ0n) is 24.3. The average Bonchev–Trinajstić information content (AvgIpc) is 3.21. The van der Waals surface area contributed by atoms with Gasteiger partial charge in [-0.1, -0.05) is 26.3 Å². The Labute approximate surface area is 249 Å².